The molecule has 1 N–H and O–H groups in total. The molecule has 0 saturated carbocycles. The molecule has 0 amide bonds. The zero-order chi connectivity index (χ0) is 11.5. The number of hydrogen-bond acceptors (Lipinski definition) is 4. The van der Waals surface area contributed by atoms with Crippen LogP contribution in [0.4, 0.5) is 0 Å². The fourth-order valence-electron chi connectivity index (χ4n) is 2.19. The molecule has 1 aliphatic heterocycles. The summed E-state index contributed by atoms with van der Waals surface area (Å²) < 4.78 is 11.0. The maximum Gasteiger partial charge on any atom is 0.181 e. The topological polar surface area (TPSA) is 47.3 Å². The van der Waals surface area contributed by atoms with Gasteiger partial charge >= 0.3 is 0 Å². The van der Waals surface area contributed by atoms with Crippen molar-refractivity contribution in [3.05, 3.63) is 30.2 Å². The highest BCUT2D eigenvalue weighted by molar-refractivity contribution is 5.72. The molecule has 2 aromatic rings. The van der Waals surface area contributed by atoms with Gasteiger partial charge in [0.05, 0.1) is 12.7 Å². The van der Waals surface area contributed by atoms with Gasteiger partial charge in [0.15, 0.2) is 12.0 Å². The second-order valence-electron chi connectivity index (χ2n) is 4.39. The molecule has 1 unspecified atom stereocenters. The van der Waals surface area contributed by atoms with E-state index in [-0.39, 0.29) is 0 Å². The van der Waals surface area contributed by atoms with E-state index < -0.39 is 0 Å². The van der Waals surface area contributed by atoms with Crippen molar-refractivity contribution in [2.24, 2.45) is 0 Å². The third kappa shape index (κ3) is 2.48. The van der Waals surface area contributed by atoms with Gasteiger partial charge in [0.25, 0.3) is 0 Å². The first-order valence-corrected chi connectivity index (χ1v) is 6.06. The van der Waals surface area contributed by atoms with Crippen molar-refractivity contribution in [2.45, 2.75) is 18.9 Å². The molecule has 4 heteroatoms. The minimum atomic E-state index is 0.342. The van der Waals surface area contributed by atoms with Crippen molar-refractivity contribution in [1.29, 1.82) is 0 Å². The molecule has 1 fully saturated rings. The summed E-state index contributed by atoms with van der Waals surface area (Å²) in [6.45, 7) is 2.76. The fourth-order valence-corrected chi connectivity index (χ4v) is 2.19. The largest absolute Gasteiger partial charge is 0.443 e. The summed E-state index contributed by atoms with van der Waals surface area (Å²) in [7, 11) is 0. The molecule has 0 aliphatic carbocycles. The van der Waals surface area contributed by atoms with Crippen LogP contribution in [-0.2, 0) is 11.2 Å². The smallest absolute Gasteiger partial charge is 0.181 e. The Labute approximate surface area is 100.0 Å². The van der Waals surface area contributed by atoms with E-state index in [0.29, 0.717) is 6.10 Å². The van der Waals surface area contributed by atoms with Gasteiger partial charge in [-0.05, 0) is 30.5 Å². The van der Waals surface area contributed by atoms with Gasteiger partial charge in [0.2, 0.25) is 0 Å². The minimum Gasteiger partial charge on any atom is -0.443 e. The maximum absolute atomic E-state index is 5.67. The zero-order valence-electron chi connectivity index (χ0n) is 9.69. The van der Waals surface area contributed by atoms with Crippen LogP contribution >= 0.6 is 0 Å². The van der Waals surface area contributed by atoms with E-state index >= 15 is 0 Å². The molecule has 1 aromatic heterocycles. The first-order chi connectivity index (χ1) is 8.42. The van der Waals surface area contributed by atoms with Crippen LogP contribution in [-0.4, -0.2) is 30.8 Å². The van der Waals surface area contributed by atoms with Crippen LogP contribution in [0.1, 0.15) is 12.0 Å². The Hall–Kier alpha value is -1.39. The summed E-state index contributed by atoms with van der Waals surface area (Å²) in [4.78, 5) is 4.11. The number of fused-ring (bicyclic) bond motifs is 1. The normalized spacial score (nSPS) is 20.8. The van der Waals surface area contributed by atoms with Gasteiger partial charge in [-0.15, -0.1) is 0 Å². The Morgan fingerprint density at radius 3 is 3.29 bits per heavy atom. The highest BCUT2D eigenvalue weighted by atomic mass is 16.5. The fraction of sp³-hybridized carbons (Fsp3) is 0.462. The number of nitrogens with zero attached hydrogens (tertiary/aromatic N) is 1. The number of hydrogen-bond donors (Lipinski definition) is 1. The van der Waals surface area contributed by atoms with Gasteiger partial charge in [-0.1, -0.05) is 6.07 Å². The number of benzene rings is 1. The molecule has 0 radical (unpaired) electrons. The molecular weight excluding hydrogens is 216 g/mol. The Balaban J connectivity index is 1.63. The van der Waals surface area contributed by atoms with Gasteiger partial charge < -0.3 is 14.5 Å². The third-order valence-corrected chi connectivity index (χ3v) is 3.16. The van der Waals surface area contributed by atoms with Crippen LogP contribution in [0.15, 0.2) is 29.0 Å². The number of rotatable bonds is 3. The molecule has 90 valence electrons. The number of morpholine rings is 1. The molecule has 1 saturated heterocycles. The maximum atomic E-state index is 5.67. The first kappa shape index (κ1) is 10.7. The van der Waals surface area contributed by atoms with Gasteiger partial charge in [0, 0.05) is 13.1 Å². The van der Waals surface area contributed by atoms with Gasteiger partial charge in [-0.2, -0.15) is 0 Å². The van der Waals surface area contributed by atoms with Crippen molar-refractivity contribution in [3.8, 4) is 0 Å². The van der Waals surface area contributed by atoms with E-state index in [1.165, 1.54) is 12.0 Å². The van der Waals surface area contributed by atoms with Crippen molar-refractivity contribution in [3.63, 3.8) is 0 Å². The molecular formula is C13H16N2O2. The average molecular weight is 232 g/mol. The third-order valence-electron chi connectivity index (χ3n) is 3.16. The summed E-state index contributed by atoms with van der Waals surface area (Å²) in [6, 6.07) is 6.19. The van der Waals surface area contributed by atoms with E-state index in [4.69, 9.17) is 9.15 Å². The lowest BCUT2D eigenvalue weighted by Gasteiger charge is -2.23. The molecule has 1 atom stereocenters. The summed E-state index contributed by atoms with van der Waals surface area (Å²) in [6.07, 6.45) is 3.90. The van der Waals surface area contributed by atoms with Crippen LogP contribution in [0.2, 0.25) is 0 Å². The second-order valence-corrected chi connectivity index (χ2v) is 4.39. The second kappa shape index (κ2) is 4.85. The predicted octanol–water partition coefficient (Wildman–Crippen LogP) is 1.75. The van der Waals surface area contributed by atoms with Gasteiger partial charge in [0.1, 0.15) is 5.52 Å². The molecule has 0 bridgehead atoms. The highest BCUT2D eigenvalue weighted by Gasteiger charge is 2.13. The Morgan fingerprint density at radius 1 is 1.41 bits per heavy atom. The lowest BCUT2D eigenvalue weighted by atomic mass is 10.1. The number of aromatic nitrogens is 1. The molecule has 2 heterocycles. The highest BCUT2D eigenvalue weighted by Crippen LogP contribution is 2.16. The van der Waals surface area contributed by atoms with Crippen molar-refractivity contribution >= 4 is 11.1 Å². The molecule has 1 aliphatic rings. The minimum absolute atomic E-state index is 0.342. The number of aryl methyl sites for hydroxylation is 1. The summed E-state index contributed by atoms with van der Waals surface area (Å²) in [5, 5.41) is 3.34. The lowest BCUT2D eigenvalue weighted by Crippen LogP contribution is -2.38. The monoisotopic (exact) mass is 232 g/mol. The number of ether oxygens (including phenoxy) is 1. The van der Waals surface area contributed by atoms with E-state index in [2.05, 4.69) is 22.4 Å². The summed E-state index contributed by atoms with van der Waals surface area (Å²) in [5.74, 6) is 0. The molecule has 0 spiro atoms. The van der Waals surface area contributed by atoms with Crippen LogP contribution in [0, 0.1) is 0 Å². The molecule has 3 rings (SSSR count). The van der Waals surface area contributed by atoms with E-state index in [9.17, 15) is 0 Å². The van der Waals surface area contributed by atoms with Gasteiger partial charge in [-0.25, -0.2) is 4.98 Å². The molecule has 17 heavy (non-hydrogen) atoms. The summed E-state index contributed by atoms with van der Waals surface area (Å²) >= 11 is 0. The zero-order valence-corrected chi connectivity index (χ0v) is 9.69. The van der Waals surface area contributed by atoms with Crippen molar-refractivity contribution in [1.82, 2.24) is 10.3 Å². The number of nitrogens with one attached hydrogen (secondary N) is 1. The van der Waals surface area contributed by atoms with E-state index in [1.807, 2.05) is 6.07 Å². The number of oxazole rings is 1. The Bertz CT molecular complexity index is 489. The Morgan fingerprint density at radius 2 is 2.41 bits per heavy atom. The van der Waals surface area contributed by atoms with Crippen LogP contribution < -0.4 is 5.32 Å². The van der Waals surface area contributed by atoms with E-state index in [1.54, 1.807) is 0 Å². The predicted molar refractivity (Wildman–Crippen MR) is 64.9 cm³/mol. The first-order valence-electron chi connectivity index (χ1n) is 6.06. The summed E-state index contributed by atoms with van der Waals surface area (Å²) in [5.41, 5.74) is 3.07. The lowest BCUT2D eigenvalue weighted by molar-refractivity contribution is 0.0238. The van der Waals surface area contributed by atoms with Crippen LogP contribution in [0.3, 0.4) is 0 Å². The average Bonchev–Trinajstić information content (AvgIpc) is 2.85. The Kier molecular flexibility index (Phi) is 3.07. The van der Waals surface area contributed by atoms with E-state index in [0.717, 1.165) is 43.6 Å². The van der Waals surface area contributed by atoms with Crippen LogP contribution in [0.5, 0.6) is 0 Å². The standard InChI is InChI=1S/C13H16N2O2/c1(3-11-8-14-5-6-16-11)10-2-4-12-13(7-10)17-9-15-12/h2,4,7,9,11,14H,1,3,5-6,8H2. The molecule has 1 aromatic carbocycles. The molecule has 4 nitrogen and oxygen atoms in total. The van der Waals surface area contributed by atoms with Gasteiger partial charge in [-0.3, -0.25) is 0 Å². The quantitative estimate of drug-likeness (QED) is 0.875. The van der Waals surface area contributed by atoms with Crippen molar-refractivity contribution in [2.75, 3.05) is 19.7 Å². The SMILES string of the molecule is c1nc2ccc(CCC3CNCCO3)cc2o1. The van der Waals surface area contributed by atoms with Crippen LogP contribution in [0.25, 0.3) is 11.1 Å². The van der Waals surface area contributed by atoms with Crippen molar-refractivity contribution < 1.29 is 9.15 Å².